The van der Waals surface area contributed by atoms with Gasteiger partial charge in [0.05, 0.1) is 30.3 Å². The molecule has 0 aromatic heterocycles. The summed E-state index contributed by atoms with van der Waals surface area (Å²) >= 11 is 18.1. The fourth-order valence-electron chi connectivity index (χ4n) is 7.49. The van der Waals surface area contributed by atoms with E-state index in [1.54, 1.807) is 30.3 Å². The van der Waals surface area contributed by atoms with Crippen LogP contribution in [0.4, 0.5) is 15.8 Å². The van der Waals surface area contributed by atoms with Gasteiger partial charge in [0, 0.05) is 10.4 Å². The summed E-state index contributed by atoms with van der Waals surface area (Å²) in [5, 5.41) is 10.4. The maximum absolute atomic E-state index is 14.4. The number of ether oxygens (including phenoxy) is 1. The smallest absolute Gasteiger partial charge is 0.258 e. The standard InChI is InChI=1S/C33H24BrCl2FN2O6/c1-45-25-14-16(2-13-24(25)40)27-21-11-12-22-26(29(42)38(28(22)41)19-7-3-17(34)4-8-19)23(21)15-32(35)30(43)39(31(44)33(27,32)36)20-9-5-18(37)6-10-20/h2-11,13-14,22-23,26-27,40H,12,15H2,1H3/t22-,23+,26-,27-,32+,33-/m0/s1. The summed E-state index contributed by atoms with van der Waals surface area (Å²) < 4.78 is 20.0. The van der Waals surface area contributed by atoms with Crippen LogP contribution in [-0.4, -0.2) is 45.6 Å². The summed E-state index contributed by atoms with van der Waals surface area (Å²) in [6.07, 6.45) is 1.82. The van der Waals surface area contributed by atoms with E-state index in [0.29, 0.717) is 16.8 Å². The minimum absolute atomic E-state index is 0.0891. The molecule has 6 atom stereocenters. The third kappa shape index (κ3) is 4.08. The van der Waals surface area contributed by atoms with Crippen LogP contribution in [0.3, 0.4) is 0 Å². The van der Waals surface area contributed by atoms with Crippen molar-refractivity contribution in [1.82, 2.24) is 0 Å². The van der Waals surface area contributed by atoms with Crippen molar-refractivity contribution >= 4 is 74.1 Å². The van der Waals surface area contributed by atoms with Crippen LogP contribution in [0, 0.1) is 23.6 Å². The highest BCUT2D eigenvalue weighted by Crippen LogP contribution is 2.66. The molecule has 2 aliphatic carbocycles. The lowest BCUT2D eigenvalue weighted by molar-refractivity contribution is -0.125. The number of hydrogen-bond donors (Lipinski definition) is 1. The molecular weight excluding hydrogens is 690 g/mol. The lowest BCUT2D eigenvalue weighted by Crippen LogP contribution is -2.60. The minimum Gasteiger partial charge on any atom is -0.504 e. The highest BCUT2D eigenvalue weighted by atomic mass is 79.9. The van der Waals surface area contributed by atoms with E-state index in [4.69, 9.17) is 27.9 Å². The number of nitrogens with zero attached hydrogens (tertiary/aromatic N) is 2. The van der Waals surface area contributed by atoms with Crippen molar-refractivity contribution in [3.05, 3.63) is 94.2 Å². The number of carbonyl (C=O) groups excluding carboxylic acids is 4. The van der Waals surface area contributed by atoms with E-state index in [2.05, 4.69) is 15.9 Å². The average molecular weight is 714 g/mol. The first kappa shape index (κ1) is 30.0. The first-order valence-electron chi connectivity index (χ1n) is 14.1. The molecule has 3 fully saturated rings. The van der Waals surface area contributed by atoms with Crippen molar-refractivity contribution in [2.24, 2.45) is 17.8 Å². The van der Waals surface area contributed by atoms with Crippen LogP contribution in [0.1, 0.15) is 24.3 Å². The number of phenolic OH excluding ortho intramolecular Hbond substituents is 1. The molecule has 4 aliphatic rings. The summed E-state index contributed by atoms with van der Waals surface area (Å²) in [5.74, 6) is -6.41. The van der Waals surface area contributed by atoms with Gasteiger partial charge in [-0.1, -0.05) is 33.6 Å². The second-order valence-corrected chi connectivity index (χ2v) is 13.8. The van der Waals surface area contributed by atoms with Gasteiger partial charge in [0.25, 0.3) is 11.8 Å². The van der Waals surface area contributed by atoms with Gasteiger partial charge in [-0.15, -0.1) is 23.2 Å². The van der Waals surface area contributed by atoms with Crippen LogP contribution < -0.4 is 14.5 Å². The normalized spacial score (nSPS) is 30.6. The van der Waals surface area contributed by atoms with E-state index in [-0.39, 0.29) is 35.9 Å². The van der Waals surface area contributed by atoms with Crippen LogP contribution in [0.2, 0.25) is 0 Å². The van der Waals surface area contributed by atoms with Gasteiger partial charge in [-0.25, -0.2) is 9.29 Å². The molecule has 3 aromatic rings. The van der Waals surface area contributed by atoms with Crippen molar-refractivity contribution in [3.8, 4) is 11.5 Å². The molecule has 2 aliphatic heterocycles. The summed E-state index contributed by atoms with van der Waals surface area (Å²) in [6, 6.07) is 16.1. The Morgan fingerprint density at radius 2 is 1.53 bits per heavy atom. The van der Waals surface area contributed by atoms with Crippen LogP contribution in [0.15, 0.2) is 82.9 Å². The quantitative estimate of drug-likeness (QED) is 0.200. The molecule has 1 saturated carbocycles. The van der Waals surface area contributed by atoms with Gasteiger partial charge in [0.2, 0.25) is 11.8 Å². The largest absolute Gasteiger partial charge is 0.504 e. The molecule has 7 rings (SSSR count). The van der Waals surface area contributed by atoms with Crippen molar-refractivity contribution in [2.45, 2.75) is 28.5 Å². The highest BCUT2D eigenvalue weighted by Gasteiger charge is 2.76. The predicted octanol–water partition coefficient (Wildman–Crippen LogP) is 6.07. The van der Waals surface area contributed by atoms with Gasteiger partial charge >= 0.3 is 0 Å². The molecular formula is C33H24BrCl2FN2O6. The third-order valence-corrected chi connectivity index (χ3v) is 11.5. The number of phenols is 1. The zero-order chi connectivity index (χ0) is 32.0. The fraction of sp³-hybridized carbons (Fsp3) is 0.273. The first-order chi connectivity index (χ1) is 21.4. The van der Waals surface area contributed by atoms with Gasteiger partial charge in [-0.2, -0.15) is 0 Å². The van der Waals surface area contributed by atoms with Crippen LogP contribution in [0.5, 0.6) is 11.5 Å². The van der Waals surface area contributed by atoms with Crippen molar-refractivity contribution in [2.75, 3.05) is 16.9 Å². The Morgan fingerprint density at radius 3 is 2.20 bits per heavy atom. The summed E-state index contributed by atoms with van der Waals surface area (Å²) in [5.41, 5.74) is 1.52. The molecule has 8 nitrogen and oxygen atoms in total. The molecule has 0 spiro atoms. The number of allylic oxidation sites excluding steroid dienone is 2. The number of imide groups is 2. The zero-order valence-corrected chi connectivity index (χ0v) is 26.6. The molecule has 1 N–H and O–H groups in total. The Kier molecular flexibility index (Phi) is 6.92. The number of hydrogen-bond acceptors (Lipinski definition) is 6. The molecule has 4 amide bonds. The monoisotopic (exact) mass is 712 g/mol. The molecule has 0 radical (unpaired) electrons. The number of anilines is 2. The number of fused-ring (bicyclic) bond motifs is 4. The molecule has 12 heteroatoms. The molecule has 0 bridgehead atoms. The molecule has 2 saturated heterocycles. The van der Waals surface area contributed by atoms with Gasteiger partial charge in [0.1, 0.15) is 5.82 Å². The van der Waals surface area contributed by atoms with Crippen LogP contribution in [-0.2, 0) is 19.2 Å². The SMILES string of the molecule is COc1cc([C@H]2C3=CC[C@@H]4C(=O)N(c5ccc(Br)cc5)C(=O)[C@@H]4[C@@H]3C[C@@]3(Cl)C(=O)N(c4ccc(F)cc4)C(=O)[C@@]23Cl)ccc1O. The average Bonchev–Trinajstić information content (AvgIpc) is 3.36. The Hall–Kier alpha value is -3.73. The minimum atomic E-state index is -2.09. The molecule has 3 aromatic carbocycles. The van der Waals surface area contributed by atoms with E-state index in [1.807, 2.05) is 6.08 Å². The number of benzene rings is 3. The number of methoxy groups -OCH3 is 1. The summed E-state index contributed by atoms with van der Waals surface area (Å²) in [6.45, 7) is 0. The number of aromatic hydroxyl groups is 1. The predicted molar refractivity (Wildman–Crippen MR) is 168 cm³/mol. The number of amides is 4. The topological polar surface area (TPSA) is 104 Å². The lowest BCUT2D eigenvalue weighted by atomic mass is 9.56. The molecule has 45 heavy (non-hydrogen) atoms. The fourth-order valence-corrected chi connectivity index (χ4v) is 8.69. The number of carbonyl (C=O) groups is 4. The molecule has 2 heterocycles. The van der Waals surface area contributed by atoms with Crippen molar-refractivity contribution in [3.63, 3.8) is 0 Å². The first-order valence-corrected chi connectivity index (χ1v) is 15.7. The van der Waals surface area contributed by atoms with E-state index in [1.165, 1.54) is 36.3 Å². The van der Waals surface area contributed by atoms with E-state index in [9.17, 15) is 28.7 Å². The van der Waals surface area contributed by atoms with E-state index < -0.39 is 57.0 Å². The van der Waals surface area contributed by atoms with Gasteiger partial charge in [-0.3, -0.25) is 24.1 Å². The number of alkyl halides is 2. The van der Waals surface area contributed by atoms with Gasteiger partial charge in [0.15, 0.2) is 21.2 Å². The second-order valence-electron chi connectivity index (χ2n) is 11.7. The Balaban J connectivity index is 1.40. The van der Waals surface area contributed by atoms with Gasteiger partial charge < -0.3 is 9.84 Å². The highest BCUT2D eigenvalue weighted by molar-refractivity contribution is 9.10. The lowest BCUT2D eigenvalue weighted by Gasteiger charge is -2.50. The van der Waals surface area contributed by atoms with Crippen LogP contribution >= 0.6 is 39.1 Å². The Labute approximate surface area is 275 Å². The molecule has 230 valence electrons. The Morgan fingerprint density at radius 1 is 0.889 bits per heavy atom. The summed E-state index contributed by atoms with van der Waals surface area (Å²) in [4.78, 5) is 54.5. The van der Waals surface area contributed by atoms with Crippen molar-refractivity contribution < 1.29 is 33.4 Å². The molecule has 0 unspecified atom stereocenters. The third-order valence-electron chi connectivity index (χ3n) is 9.52. The zero-order valence-electron chi connectivity index (χ0n) is 23.5. The van der Waals surface area contributed by atoms with E-state index >= 15 is 0 Å². The maximum atomic E-state index is 14.4. The maximum Gasteiger partial charge on any atom is 0.258 e. The summed E-state index contributed by atoms with van der Waals surface area (Å²) in [7, 11) is 1.37. The van der Waals surface area contributed by atoms with Crippen LogP contribution in [0.25, 0.3) is 0 Å². The number of rotatable bonds is 4. The Bertz CT molecular complexity index is 1840. The number of halogens is 4. The van der Waals surface area contributed by atoms with Crippen molar-refractivity contribution in [1.29, 1.82) is 0 Å². The second kappa shape index (κ2) is 10.4. The van der Waals surface area contributed by atoms with E-state index in [0.717, 1.165) is 21.5 Å². The van der Waals surface area contributed by atoms with Gasteiger partial charge in [-0.05, 0) is 85.0 Å².